The second kappa shape index (κ2) is 5.96. The molecule has 1 saturated carbocycles. The highest BCUT2D eigenvalue weighted by Gasteiger charge is 2.29. The molecule has 2 aromatic rings. The summed E-state index contributed by atoms with van der Waals surface area (Å²) in [6, 6.07) is 5.32. The molecule has 1 aromatic heterocycles. The molecule has 114 valence electrons. The molecule has 3 atom stereocenters. The van der Waals surface area contributed by atoms with Gasteiger partial charge in [0.1, 0.15) is 11.6 Å². The molecule has 0 spiro atoms. The van der Waals surface area contributed by atoms with Crippen molar-refractivity contribution >= 4 is 22.6 Å². The van der Waals surface area contributed by atoms with Gasteiger partial charge in [-0.1, -0.05) is 26.2 Å². The van der Waals surface area contributed by atoms with E-state index in [1.54, 1.807) is 0 Å². The van der Waals surface area contributed by atoms with E-state index in [9.17, 15) is 4.39 Å². The number of hydrogen-bond donors (Lipinski definition) is 0. The standard InChI is InChI=1S/C17H22ClFN2/c1-3-12-6-4-5-7-15(12)21-16-9-8-13(19)10-14(16)20-17(21)11(2)18/h8-12,15H,3-7H2,1-2H3. The Kier molecular flexibility index (Phi) is 4.21. The lowest BCUT2D eigenvalue weighted by molar-refractivity contribution is 0.233. The van der Waals surface area contributed by atoms with E-state index in [2.05, 4.69) is 16.5 Å². The van der Waals surface area contributed by atoms with Gasteiger partial charge in [-0.05, 0) is 37.8 Å². The summed E-state index contributed by atoms with van der Waals surface area (Å²) in [5, 5.41) is -0.167. The first-order valence-corrected chi connectivity index (χ1v) is 8.37. The van der Waals surface area contributed by atoms with Crippen molar-refractivity contribution in [1.82, 2.24) is 9.55 Å². The molecule has 1 fully saturated rings. The lowest BCUT2D eigenvalue weighted by Gasteiger charge is -2.33. The van der Waals surface area contributed by atoms with E-state index in [1.165, 1.54) is 37.8 Å². The third kappa shape index (κ3) is 2.68. The van der Waals surface area contributed by atoms with E-state index in [0.717, 1.165) is 23.3 Å². The minimum Gasteiger partial charge on any atom is -0.323 e. The van der Waals surface area contributed by atoms with Gasteiger partial charge in [0.05, 0.1) is 16.4 Å². The number of alkyl halides is 1. The van der Waals surface area contributed by atoms with Crippen LogP contribution in [0.5, 0.6) is 0 Å². The van der Waals surface area contributed by atoms with E-state index in [-0.39, 0.29) is 11.2 Å². The lowest BCUT2D eigenvalue weighted by atomic mass is 9.82. The minimum atomic E-state index is -0.239. The third-order valence-electron chi connectivity index (χ3n) is 4.76. The van der Waals surface area contributed by atoms with Crippen LogP contribution in [0, 0.1) is 11.7 Å². The summed E-state index contributed by atoms with van der Waals surface area (Å²) >= 11 is 6.35. The Morgan fingerprint density at radius 3 is 2.86 bits per heavy atom. The monoisotopic (exact) mass is 308 g/mol. The first-order chi connectivity index (χ1) is 10.1. The summed E-state index contributed by atoms with van der Waals surface area (Å²) in [6.45, 7) is 4.20. The van der Waals surface area contributed by atoms with Gasteiger partial charge in [0.2, 0.25) is 0 Å². The maximum atomic E-state index is 13.5. The quantitative estimate of drug-likeness (QED) is 0.673. The molecule has 0 bridgehead atoms. The lowest BCUT2D eigenvalue weighted by Crippen LogP contribution is -2.24. The number of imidazole rings is 1. The summed E-state index contributed by atoms with van der Waals surface area (Å²) in [4.78, 5) is 4.61. The molecule has 0 radical (unpaired) electrons. The zero-order valence-corrected chi connectivity index (χ0v) is 13.4. The zero-order chi connectivity index (χ0) is 15.0. The molecular weight excluding hydrogens is 287 g/mol. The molecule has 21 heavy (non-hydrogen) atoms. The molecule has 4 heteroatoms. The summed E-state index contributed by atoms with van der Waals surface area (Å²) in [5.74, 6) is 1.30. The van der Waals surface area contributed by atoms with Crippen LogP contribution in [0.1, 0.15) is 63.2 Å². The summed E-state index contributed by atoms with van der Waals surface area (Å²) in [7, 11) is 0. The molecule has 0 saturated heterocycles. The van der Waals surface area contributed by atoms with Crippen LogP contribution >= 0.6 is 11.6 Å². The zero-order valence-electron chi connectivity index (χ0n) is 12.6. The maximum absolute atomic E-state index is 13.5. The number of rotatable bonds is 3. The van der Waals surface area contributed by atoms with E-state index < -0.39 is 0 Å². The normalized spacial score (nSPS) is 24.4. The smallest absolute Gasteiger partial charge is 0.127 e. The molecule has 0 amide bonds. The molecule has 1 aliphatic carbocycles. The number of nitrogens with zero attached hydrogens (tertiary/aromatic N) is 2. The maximum Gasteiger partial charge on any atom is 0.127 e. The second-order valence-corrected chi connectivity index (χ2v) is 6.76. The van der Waals surface area contributed by atoms with Gasteiger partial charge in [-0.2, -0.15) is 0 Å². The van der Waals surface area contributed by atoms with Gasteiger partial charge in [0, 0.05) is 12.1 Å². The summed E-state index contributed by atoms with van der Waals surface area (Å²) in [6.07, 6.45) is 6.15. The van der Waals surface area contributed by atoms with Crippen LogP contribution < -0.4 is 0 Å². The Bertz CT molecular complexity index is 635. The Morgan fingerprint density at radius 1 is 1.38 bits per heavy atom. The van der Waals surface area contributed by atoms with Crippen LogP contribution in [0.2, 0.25) is 0 Å². The van der Waals surface area contributed by atoms with Gasteiger partial charge in [-0.15, -0.1) is 11.6 Å². The number of fused-ring (bicyclic) bond motifs is 1. The van der Waals surface area contributed by atoms with Crippen LogP contribution in [0.15, 0.2) is 18.2 Å². The van der Waals surface area contributed by atoms with Gasteiger partial charge in [0.25, 0.3) is 0 Å². The molecule has 0 N–H and O–H groups in total. The highest BCUT2D eigenvalue weighted by atomic mass is 35.5. The fraction of sp³-hybridized carbons (Fsp3) is 0.588. The molecule has 1 aromatic carbocycles. The van der Waals surface area contributed by atoms with Crippen molar-refractivity contribution in [3.8, 4) is 0 Å². The van der Waals surface area contributed by atoms with Crippen LogP contribution in [0.25, 0.3) is 11.0 Å². The van der Waals surface area contributed by atoms with Crippen LogP contribution in [0.4, 0.5) is 4.39 Å². The van der Waals surface area contributed by atoms with E-state index in [0.29, 0.717) is 12.0 Å². The largest absolute Gasteiger partial charge is 0.323 e. The van der Waals surface area contributed by atoms with Crippen molar-refractivity contribution < 1.29 is 4.39 Å². The van der Waals surface area contributed by atoms with E-state index in [4.69, 9.17) is 11.6 Å². The van der Waals surface area contributed by atoms with Gasteiger partial charge in [0.15, 0.2) is 0 Å². The SMILES string of the molecule is CCC1CCCCC1n1c(C(C)Cl)nc2cc(F)ccc21. The van der Waals surface area contributed by atoms with Gasteiger partial charge < -0.3 is 4.57 Å². The number of aromatic nitrogens is 2. The minimum absolute atomic E-state index is 0.167. The Balaban J connectivity index is 2.16. The van der Waals surface area contributed by atoms with Crippen molar-refractivity contribution in [2.75, 3.05) is 0 Å². The van der Waals surface area contributed by atoms with E-state index in [1.807, 2.05) is 13.0 Å². The average molecular weight is 309 g/mol. The molecule has 2 nitrogen and oxygen atoms in total. The molecule has 1 heterocycles. The van der Waals surface area contributed by atoms with Crippen molar-refractivity contribution in [3.63, 3.8) is 0 Å². The Morgan fingerprint density at radius 2 is 2.14 bits per heavy atom. The Hall–Kier alpha value is -1.09. The number of benzene rings is 1. The predicted octanol–water partition coefficient (Wildman–Crippen LogP) is 5.62. The van der Waals surface area contributed by atoms with Crippen molar-refractivity contribution in [2.24, 2.45) is 5.92 Å². The molecule has 1 aliphatic rings. The topological polar surface area (TPSA) is 17.8 Å². The van der Waals surface area contributed by atoms with Crippen molar-refractivity contribution in [2.45, 2.75) is 57.4 Å². The highest BCUT2D eigenvalue weighted by Crippen LogP contribution is 2.40. The first kappa shape index (κ1) is 14.8. The van der Waals surface area contributed by atoms with Crippen LogP contribution in [-0.4, -0.2) is 9.55 Å². The summed E-state index contributed by atoms with van der Waals surface area (Å²) < 4.78 is 15.8. The third-order valence-corrected chi connectivity index (χ3v) is 4.95. The number of halogens is 2. The fourth-order valence-corrected chi connectivity index (χ4v) is 3.88. The van der Waals surface area contributed by atoms with Crippen LogP contribution in [-0.2, 0) is 0 Å². The van der Waals surface area contributed by atoms with Gasteiger partial charge >= 0.3 is 0 Å². The highest BCUT2D eigenvalue weighted by molar-refractivity contribution is 6.20. The van der Waals surface area contributed by atoms with Gasteiger partial charge in [-0.3, -0.25) is 0 Å². The van der Waals surface area contributed by atoms with Crippen molar-refractivity contribution in [3.05, 3.63) is 29.8 Å². The molecule has 0 aliphatic heterocycles. The van der Waals surface area contributed by atoms with Gasteiger partial charge in [-0.25, -0.2) is 9.37 Å². The second-order valence-electron chi connectivity index (χ2n) is 6.11. The average Bonchev–Trinajstić information content (AvgIpc) is 2.85. The van der Waals surface area contributed by atoms with Crippen molar-refractivity contribution in [1.29, 1.82) is 0 Å². The van der Waals surface area contributed by atoms with E-state index >= 15 is 0 Å². The Labute approximate surface area is 130 Å². The fourth-order valence-electron chi connectivity index (χ4n) is 3.72. The summed E-state index contributed by atoms with van der Waals surface area (Å²) in [5.41, 5.74) is 1.74. The molecule has 3 unspecified atom stereocenters. The molecule has 3 rings (SSSR count). The first-order valence-electron chi connectivity index (χ1n) is 7.93. The molecular formula is C17H22ClFN2. The number of hydrogen-bond acceptors (Lipinski definition) is 1. The predicted molar refractivity (Wildman–Crippen MR) is 85.2 cm³/mol. The van der Waals surface area contributed by atoms with Crippen LogP contribution in [0.3, 0.4) is 0 Å².